The lowest BCUT2D eigenvalue weighted by molar-refractivity contribution is -0.123. The van der Waals surface area contributed by atoms with Gasteiger partial charge >= 0.3 is 0 Å². The van der Waals surface area contributed by atoms with Crippen molar-refractivity contribution in [1.82, 2.24) is 21.2 Å². The van der Waals surface area contributed by atoms with E-state index < -0.39 is 0 Å². The van der Waals surface area contributed by atoms with Crippen molar-refractivity contribution >= 4 is 5.91 Å². The van der Waals surface area contributed by atoms with Crippen LogP contribution in [0.25, 0.3) is 0 Å². The van der Waals surface area contributed by atoms with Crippen molar-refractivity contribution in [2.24, 2.45) is 5.92 Å². The second-order valence-corrected chi connectivity index (χ2v) is 6.28. The van der Waals surface area contributed by atoms with Crippen LogP contribution in [0.5, 0.6) is 0 Å². The lowest BCUT2D eigenvalue weighted by Gasteiger charge is -2.22. The molecule has 2 heterocycles. The summed E-state index contributed by atoms with van der Waals surface area (Å²) >= 11 is 0. The molecule has 5 nitrogen and oxygen atoms in total. The molecule has 3 N–H and O–H groups in total. The topological polar surface area (TPSA) is 66.1 Å². The number of nitrogens with one attached hydrogen (secondary N) is 3. The minimum absolute atomic E-state index is 0.0640. The van der Waals surface area contributed by atoms with Crippen LogP contribution in [0.15, 0.2) is 24.5 Å². The zero-order chi connectivity index (χ0) is 15.9. The van der Waals surface area contributed by atoms with Gasteiger partial charge < -0.3 is 5.32 Å². The summed E-state index contributed by atoms with van der Waals surface area (Å²) in [6, 6.07) is 4.66. The lowest BCUT2D eigenvalue weighted by Crippen LogP contribution is -2.34. The molecule has 1 fully saturated rings. The molecule has 5 heteroatoms. The Morgan fingerprint density at radius 2 is 2.09 bits per heavy atom. The van der Waals surface area contributed by atoms with Crippen LogP contribution in [0.2, 0.25) is 0 Å². The Hall–Kier alpha value is -1.46. The minimum Gasteiger partial charge on any atom is -0.349 e. The van der Waals surface area contributed by atoms with Crippen molar-refractivity contribution in [2.75, 3.05) is 0 Å². The number of hydrazine groups is 1. The molecular formula is C17H28N4O. The molecule has 2 rings (SSSR count). The summed E-state index contributed by atoms with van der Waals surface area (Å²) in [7, 11) is 0. The van der Waals surface area contributed by atoms with E-state index in [9.17, 15) is 4.79 Å². The molecule has 3 unspecified atom stereocenters. The average Bonchev–Trinajstić information content (AvgIpc) is 2.84. The number of unbranched alkanes of at least 4 members (excludes halogenated alkanes) is 1. The zero-order valence-corrected chi connectivity index (χ0v) is 13.8. The molecule has 1 aliphatic heterocycles. The van der Waals surface area contributed by atoms with Gasteiger partial charge in [-0.1, -0.05) is 25.8 Å². The number of pyridine rings is 1. The highest BCUT2D eigenvalue weighted by atomic mass is 16.1. The van der Waals surface area contributed by atoms with E-state index in [1.54, 1.807) is 6.20 Å². The molecule has 0 bridgehead atoms. The van der Waals surface area contributed by atoms with E-state index in [1.165, 1.54) is 0 Å². The monoisotopic (exact) mass is 304 g/mol. The molecule has 1 aromatic rings. The molecule has 1 saturated heterocycles. The molecule has 3 atom stereocenters. The average molecular weight is 304 g/mol. The van der Waals surface area contributed by atoms with E-state index in [4.69, 9.17) is 0 Å². The van der Waals surface area contributed by atoms with Gasteiger partial charge in [0, 0.05) is 36.8 Å². The molecule has 1 aromatic heterocycles. The Bertz CT molecular complexity index is 455. The molecule has 1 amide bonds. The van der Waals surface area contributed by atoms with Gasteiger partial charge in [-0.3, -0.25) is 20.6 Å². The van der Waals surface area contributed by atoms with Crippen molar-refractivity contribution in [2.45, 2.75) is 64.6 Å². The maximum atomic E-state index is 12.4. The van der Waals surface area contributed by atoms with E-state index in [0.29, 0.717) is 24.4 Å². The van der Waals surface area contributed by atoms with Gasteiger partial charge in [-0.2, -0.15) is 0 Å². The van der Waals surface area contributed by atoms with Gasteiger partial charge in [0.25, 0.3) is 0 Å². The van der Waals surface area contributed by atoms with E-state index in [-0.39, 0.29) is 11.9 Å². The van der Waals surface area contributed by atoms with Crippen LogP contribution in [-0.2, 0) is 4.79 Å². The second kappa shape index (κ2) is 8.25. The third-order valence-electron chi connectivity index (χ3n) is 4.51. The predicted octanol–water partition coefficient (Wildman–Crippen LogP) is 2.32. The predicted molar refractivity (Wildman–Crippen MR) is 87.9 cm³/mol. The first-order chi connectivity index (χ1) is 10.6. The molecule has 0 aromatic carbocycles. The fourth-order valence-corrected chi connectivity index (χ4v) is 3.04. The SMILES string of the molecule is CCCCC(NC(=O)CC1C(C)NNC1C)c1cccnc1. The van der Waals surface area contributed by atoms with Crippen LogP contribution >= 0.6 is 0 Å². The largest absolute Gasteiger partial charge is 0.349 e. The van der Waals surface area contributed by atoms with Crippen LogP contribution in [0.3, 0.4) is 0 Å². The first kappa shape index (κ1) is 16.9. The van der Waals surface area contributed by atoms with Gasteiger partial charge in [0.15, 0.2) is 0 Å². The maximum absolute atomic E-state index is 12.4. The first-order valence-electron chi connectivity index (χ1n) is 8.32. The number of carbonyl (C=O) groups excluding carboxylic acids is 1. The molecule has 0 aliphatic carbocycles. The van der Waals surface area contributed by atoms with Gasteiger partial charge in [-0.05, 0) is 31.9 Å². The van der Waals surface area contributed by atoms with Crippen molar-refractivity contribution in [1.29, 1.82) is 0 Å². The van der Waals surface area contributed by atoms with Crippen molar-refractivity contribution in [3.63, 3.8) is 0 Å². The lowest BCUT2D eigenvalue weighted by atomic mass is 9.92. The van der Waals surface area contributed by atoms with Crippen LogP contribution in [0, 0.1) is 5.92 Å². The molecule has 1 aliphatic rings. The summed E-state index contributed by atoms with van der Waals surface area (Å²) in [6.45, 7) is 6.40. The normalized spacial score (nSPS) is 25.9. The summed E-state index contributed by atoms with van der Waals surface area (Å²) in [5, 5.41) is 3.20. The number of aromatic nitrogens is 1. The van der Waals surface area contributed by atoms with Crippen molar-refractivity contribution in [3.05, 3.63) is 30.1 Å². The van der Waals surface area contributed by atoms with Gasteiger partial charge in [0.1, 0.15) is 0 Å². The number of hydrogen-bond acceptors (Lipinski definition) is 4. The summed E-state index contributed by atoms with van der Waals surface area (Å²) in [6.07, 6.45) is 7.34. The zero-order valence-electron chi connectivity index (χ0n) is 13.8. The van der Waals surface area contributed by atoms with E-state index in [2.05, 4.69) is 41.9 Å². The number of carbonyl (C=O) groups is 1. The van der Waals surface area contributed by atoms with Crippen LogP contribution in [0.4, 0.5) is 0 Å². The van der Waals surface area contributed by atoms with Crippen LogP contribution in [0.1, 0.15) is 58.1 Å². The summed E-state index contributed by atoms with van der Waals surface area (Å²) in [4.78, 5) is 16.6. The summed E-state index contributed by atoms with van der Waals surface area (Å²) in [5.41, 5.74) is 7.50. The Morgan fingerprint density at radius 1 is 1.36 bits per heavy atom. The Labute approximate surface area is 133 Å². The van der Waals surface area contributed by atoms with Gasteiger partial charge in [0.05, 0.1) is 6.04 Å². The number of rotatable bonds is 7. The first-order valence-corrected chi connectivity index (χ1v) is 8.32. The Balaban J connectivity index is 1.96. The van der Waals surface area contributed by atoms with E-state index >= 15 is 0 Å². The number of hydrogen-bond donors (Lipinski definition) is 3. The van der Waals surface area contributed by atoms with E-state index in [0.717, 1.165) is 24.8 Å². The molecule has 122 valence electrons. The highest BCUT2D eigenvalue weighted by Gasteiger charge is 2.31. The summed E-state index contributed by atoms with van der Waals surface area (Å²) in [5.74, 6) is 0.444. The number of amides is 1. The smallest absolute Gasteiger partial charge is 0.220 e. The van der Waals surface area contributed by atoms with Gasteiger partial charge in [-0.25, -0.2) is 0 Å². The van der Waals surface area contributed by atoms with Crippen LogP contribution in [-0.4, -0.2) is 23.0 Å². The van der Waals surface area contributed by atoms with Gasteiger partial charge in [0.2, 0.25) is 5.91 Å². The van der Waals surface area contributed by atoms with E-state index in [1.807, 2.05) is 18.3 Å². The third-order valence-corrected chi connectivity index (χ3v) is 4.51. The van der Waals surface area contributed by atoms with Crippen LogP contribution < -0.4 is 16.2 Å². The molecule has 0 radical (unpaired) electrons. The number of nitrogens with zero attached hydrogens (tertiary/aromatic N) is 1. The van der Waals surface area contributed by atoms with Crippen molar-refractivity contribution < 1.29 is 4.79 Å². The van der Waals surface area contributed by atoms with Gasteiger partial charge in [-0.15, -0.1) is 0 Å². The Kier molecular flexibility index (Phi) is 6.34. The Morgan fingerprint density at radius 3 is 2.68 bits per heavy atom. The fourth-order valence-electron chi connectivity index (χ4n) is 3.04. The second-order valence-electron chi connectivity index (χ2n) is 6.28. The quantitative estimate of drug-likeness (QED) is 0.723. The highest BCUT2D eigenvalue weighted by molar-refractivity contribution is 5.77. The molecular weight excluding hydrogens is 276 g/mol. The highest BCUT2D eigenvalue weighted by Crippen LogP contribution is 2.22. The standard InChI is InChI=1S/C17H28N4O/c1-4-5-8-16(14-7-6-9-18-11-14)19-17(22)10-15-12(2)20-21-13(15)3/h6-7,9,11-13,15-16,20-21H,4-5,8,10H2,1-3H3,(H,19,22). The molecule has 0 spiro atoms. The fraction of sp³-hybridized carbons (Fsp3) is 0.647. The minimum atomic E-state index is 0.0640. The molecule has 0 saturated carbocycles. The van der Waals surface area contributed by atoms with Crippen molar-refractivity contribution in [3.8, 4) is 0 Å². The third kappa shape index (κ3) is 4.52. The molecule has 22 heavy (non-hydrogen) atoms. The maximum Gasteiger partial charge on any atom is 0.220 e. The summed E-state index contributed by atoms with van der Waals surface area (Å²) < 4.78 is 0.